The number of anilines is 1. The van der Waals surface area contributed by atoms with E-state index in [4.69, 9.17) is 9.84 Å². The summed E-state index contributed by atoms with van der Waals surface area (Å²) in [4.78, 5) is 39.2. The molecule has 1 amide bonds. The Balaban J connectivity index is 1.73. The van der Waals surface area contributed by atoms with E-state index in [0.717, 1.165) is 11.6 Å². The van der Waals surface area contributed by atoms with Crippen molar-refractivity contribution >= 4 is 17.6 Å². The highest BCUT2D eigenvalue weighted by molar-refractivity contribution is 5.92. The fourth-order valence-corrected chi connectivity index (χ4v) is 2.99. The van der Waals surface area contributed by atoms with Gasteiger partial charge in [0.1, 0.15) is 17.2 Å². The molecule has 0 bridgehead atoms. The highest BCUT2D eigenvalue weighted by atomic mass is 19.4. The Labute approximate surface area is 185 Å². The van der Waals surface area contributed by atoms with E-state index >= 15 is 0 Å². The van der Waals surface area contributed by atoms with Gasteiger partial charge in [-0.3, -0.25) is 9.59 Å². The van der Waals surface area contributed by atoms with E-state index in [9.17, 15) is 27.6 Å². The lowest BCUT2D eigenvalue weighted by Crippen LogP contribution is -2.26. The number of carboxylic acid groups (broad SMARTS) is 1. The molecule has 0 aliphatic rings. The van der Waals surface area contributed by atoms with Crippen molar-refractivity contribution in [3.05, 3.63) is 81.5 Å². The Kier molecular flexibility index (Phi) is 6.52. The summed E-state index contributed by atoms with van der Waals surface area (Å²) in [6.07, 6.45) is -2.91. The maximum atomic E-state index is 13.0. The summed E-state index contributed by atoms with van der Waals surface area (Å²) in [5.74, 6) is -1.20. The quantitative estimate of drug-likeness (QED) is 0.578. The smallest absolute Gasteiger partial charge is 0.417 e. The number of carbonyl (C=O) groups excluding carboxylic acids is 1. The topological polar surface area (TPSA) is 111 Å². The molecule has 2 heterocycles. The summed E-state index contributed by atoms with van der Waals surface area (Å²) < 4.78 is 45.4. The molecule has 172 valence electrons. The average Bonchev–Trinajstić information content (AvgIpc) is 2.72. The molecular formula is C22H18F3N3O5. The second kappa shape index (κ2) is 9.15. The monoisotopic (exact) mass is 461 g/mol. The molecule has 1 aromatic carbocycles. The van der Waals surface area contributed by atoms with E-state index in [1.54, 1.807) is 25.1 Å². The molecule has 33 heavy (non-hydrogen) atoms. The van der Waals surface area contributed by atoms with Crippen LogP contribution in [0.15, 0.2) is 53.6 Å². The lowest BCUT2D eigenvalue weighted by molar-refractivity contribution is -0.138. The SMILES string of the molecule is Cc1cc(CC(=O)Nc2cc(C(F)(F)F)cn(C)c2=O)ccc1Oc1ccnc(C(=O)O)c1. The van der Waals surface area contributed by atoms with Crippen molar-refractivity contribution in [2.45, 2.75) is 19.5 Å². The summed E-state index contributed by atoms with van der Waals surface area (Å²) in [5.41, 5.74) is -1.32. The minimum Gasteiger partial charge on any atom is -0.477 e. The van der Waals surface area contributed by atoms with E-state index in [2.05, 4.69) is 10.3 Å². The number of ether oxygens (including phenoxy) is 1. The predicted molar refractivity (Wildman–Crippen MR) is 111 cm³/mol. The molecule has 0 saturated heterocycles. The Hall–Kier alpha value is -4.15. The Bertz CT molecular complexity index is 1280. The van der Waals surface area contributed by atoms with Gasteiger partial charge in [0.05, 0.1) is 12.0 Å². The molecule has 0 atom stereocenters. The van der Waals surface area contributed by atoms with E-state index < -0.39 is 34.9 Å². The number of aromatic nitrogens is 2. The summed E-state index contributed by atoms with van der Waals surface area (Å²) in [7, 11) is 1.16. The fraction of sp³-hybridized carbons (Fsp3) is 0.182. The number of nitrogens with zero attached hydrogens (tertiary/aromatic N) is 2. The predicted octanol–water partition coefficient (Wildman–Crippen LogP) is 3.78. The molecule has 0 saturated carbocycles. The number of hydrogen-bond acceptors (Lipinski definition) is 5. The largest absolute Gasteiger partial charge is 0.477 e. The van der Waals surface area contributed by atoms with Crippen LogP contribution >= 0.6 is 0 Å². The molecule has 2 N–H and O–H groups in total. The van der Waals surface area contributed by atoms with Gasteiger partial charge < -0.3 is 19.7 Å². The molecule has 0 fully saturated rings. The van der Waals surface area contributed by atoms with E-state index in [-0.39, 0.29) is 17.9 Å². The molecule has 3 aromatic rings. The maximum Gasteiger partial charge on any atom is 0.417 e. The highest BCUT2D eigenvalue weighted by Gasteiger charge is 2.32. The van der Waals surface area contributed by atoms with Gasteiger partial charge in [0.2, 0.25) is 5.91 Å². The molecule has 0 aliphatic carbocycles. The lowest BCUT2D eigenvalue weighted by atomic mass is 10.1. The fourth-order valence-electron chi connectivity index (χ4n) is 2.99. The van der Waals surface area contributed by atoms with Crippen LogP contribution in [0.3, 0.4) is 0 Å². The lowest BCUT2D eigenvalue weighted by Gasteiger charge is -2.13. The zero-order valence-electron chi connectivity index (χ0n) is 17.4. The van der Waals surface area contributed by atoms with E-state index in [1.807, 2.05) is 0 Å². The van der Waals surface area contributed by atoms with Gasteiger partial charge in [-0.25, -0.2) is 9.78 Å². The van der Waals surface area contributed by atoms with Gasteiger partial charge in [0, 0.05) is 25.5 Å². The van der Waals surface area contributed by atoms with Gasteiger partial charge in [-0.05, 0) is 36.2 Å². The Morgan fingerprint density at radius 3 is 2.55 bits per heavy atom. The minimum atomic E-state index is -4.67. The van der Waals surface area contributed by atoms with E-state index in [0.29, 0.717) is 29.1 Å². The number of aromatic carboxylic acids is 1. The number of pyridine rings is 2. The summed E-state index contributed by atoms with van der Waals surface area (Å²) >= 11 is 0. The second-order valence-corrected chi connectivity index (χ2v) is 7.17. The number of amides is 1. The molecule has 0 unspecified atom stereocenters. The number of rotatable bonds is 6. The van der Waals surface area contributed by atoms with Crippen LogP contribution in [0.5, 0.6) is 11.5 Å². The third-order valence-corrected chi connectivity index (χ3v) is 4.57. The van der Waals surface area contributed by atoms with Crippen LogP contribution in [0.1, 0.15) is 27.2 Å². The van der Waals surface area contributed by atoms with Crippen LogP contribution < -0.4 is 15.6 Å². The summed E-state index contributed by atoms with van der Waals surface area (Å²) in [6, 6.07) is 8.13. The van der Waals surface area contributed by atoms with Crippen LogP contribution in [0, 0.1) is 6.92 Å². The minimum absolute atomic E-state index is 0.181. The number of carboxylic acids is 1. The molecule has 2 aromatic heterocycles. The third kappa shape index (κ3) is 5.76. The van der Waals surface area contributed by atoms with Crippen LogP contribution in [0.2, 0.25) is 0 Å². The van der Waals surface area contributed by atoms with Gasteiger partial charge in [0.25, 0.3) is 5.56 Å². The van der Waals surface area contributed by atoms with Gasteiger partial charge >= 0.3 is 12.1 Å². The Morgan fingerprint density at radius 1 is 1.18 bits per heavy atom. The first-order valence-electron chi connectivity index (χ1n) is 9.48. The van der Waals surface area contributed by atoms with Crippen LogP contribution in [-0.2, 0) is 24.4 Å². The van der Waals surface area contributed by atoms with Crippen molar-refractivity contribution in [2.75, 3.05) is 5.32 Å². The average molecular weight is 461 g/mol. The highest BCUT2D eigenvalue weighted by Crippen LogP contribution is 2.30. The van der Waals surface area contributed by atoms with Crippen LogP contribution in [0.4, 0.5) is 18.9 Å². The number of hydrogen-bond donors (Lipinski definition) is 2. The first-order chi connectivity index (χ1) is 15.4. The normalized spacial score (nSPS) is 11.2. The second-order valence-electron chi connectivity index (χ2n) is 7.17. The van der Waals surface area contributed by atoms with Crippen LogP contribution in [-0.4, -0.2) is 26.5 Å². The molecule has 0 spiro atoms. The summed E-state index contributed by atoms with van der Waals surface area (Å²) in [5, 5.41) is 11.2. The van der Waals surface area contributed by atoms with Gasteiger partial charge in [-0.2, -0.15) is 13.2 Å². The van der Waals surface area contributed by atoms with Gasteiger partial charge in [-0.15, -0.1) is 0 Å². The first-order valence-corrected chi connectivity index (χ1v) is 9.48. The van der Waals surface area contributed by atoms with Crippen molar-refractivity contribution in [3.63, 3.8) is 0 Å². The molecule has 8 nitrogen and oxygen atoms in total. The molecule has 11 heteroatoms. The molecule has 0 radical (unpaired) electrons. The number of alkyl halides is 3. The molecular weight excluding hydrogens is 443 g/mol. The summed E-state index contributed by atoms with van der Waals surface area (Å²) in [6.45, 7) is 1.71. The van der Waals surface area contributed by atoms with Crippen molar-refractivity contribution in [2.24, 2.45) is 7.05 Å². The maximum absolute atomic E-state index is 13.0. The van der Waals surface area contributed by atoms with Gasteiger partial charge in [0.15, 0.2) is 5.69 Å². The van der Waals surface area contributed by atoms with E-state index in [1.165, 1.54) is 18.3 Å². The zero-order chi connectivity index (χ0) is 24.3. The third-order valence-electron chi connectivity index (χ3n) is 4.57. The van der Waals surface area contributed by atoms with Crippen molar-refractivity contribution in [3.8, 4) is 11.5 Å². The number of benzene rings is 1. The van der Waals surface area contributed by atoms with Crippen molar-refractivity contribution < 1.29 is 32.6 Å². The Morgan fingerprint density at radius 2 is 1.91 bits per heavy atom. The number of carbonyl (C=O) groups is 2. The number of halogens is 3. The molecule has 0 aliphatic heterocycles. The first kappa shape index (κ1) is 23.5. The van der Waals surface area contributed by atoms with Crippen molar-refractivity contribution in [1.29, 1.82) is 0 Å². The van der Waals surface area contributed by atoms with Gasteiger partial charge in [-0.1, -0.05) is 12.1 Å². The van der Waals surface area contributed by atoms with Crippen molar-refractivity contribution in [1.82, 2.24) is 9.55 Å². The molecule has 3 rings (SSSR count). The zero-order valence-corrected chi connectivity index (χ0v) is 17.4. The standard InChI is InChI=1S/C22H18F3N3O5/c1-12-7-13(3-4-18(12)33-15-5-6-26-17(10-15)21(31)32)8-19(29)27-16-9-14(22(23,24)25)11-28(2)20(16)30/h3-7,9-11H,8H2,1-2H3,(H,27,29)(H,31,32). The number of aryl methyl sites for hydroxylation is 2. The van der Waals surface area contributed by atoms with Crippen LogP contribution in [0.25, 0.3) is 0 Å². The number of nitrogens with one attached hydrogen (secondary N) is 1.